The van der Waals surface area contributed by atoms with Crippen molar-refractivity contribution in [1.29, 1.82) is 0 Å². The van der Waals surface area contributed by atoms with Crippen LogP contribution in [-0.2, 0) is 0 Å². The standard InChI is InChI=1S/C9H12BrN3/c1-2-3-9(11)13-8-4-7(10)5-12-6-8/h4-6H,2-3H2,1H3,(H2,11,13). The van der Waals surface area contributed by atoms with Gasteiger partial charge in [-0.3, -0.25) is 4.98 Å². The molecule has 2 N–H and O–H groups in total. The summed E-state index contributed by atoms with van der Waals surface area (Å²) >= 11 is 3.32. The number of halogens is 1. The molecule has 0 saturated heterocycles. The number of nitrogens with zero attached hydrogens (tertiary/aromatic N) is 2. The van der Waals surface area contributed by atoms with E-state index in [1.54, 1.807) is 12.4 Å². The summed E-state index contributed by atoms with van der Waals surface area (Å²) in [4.78, 5) is 8.20. The smallest absolute Gasteiger partial charge is 0.0996 e. The van der Waals surface area contributed by atoms with Crippen molar-refractivity contribution in [3.63, 3.8) is 0 Å². The first-order valence-corrected chi connectivity index (χ1v) is 4.95. The number of nitrogens with two attached hydrogens (primary N) is 1. The van der Waals surface area contributed by atoms with Crippen molar-refractivity contribution in [3.8, 4) is 0 Å². The first-order valence-electron chi connectivity index (χ1n) is 4.16. The van der Waals surface area contributed by atoms with E-state index in [9.17, 15) is 0 Å². The molecule has 1 aromatic rings. The van der Waals surface area contributed by atoms with Gasteiger partial charge in [-0.25, -0.2) is 4.99 Å². The molecule has 4 heteroatoms. The molecule has 0 fully saturated rings. The van der Waals surface area contributed by atoms with Crippen LogP contribution in [0.4, 0.5) is 5.69 Å². The van der Waals surface area contributed by atoms with Crippen molar-refractivity contribution < 1.29 is 0 Å². The predicted octanol–water partition coefficient (Wildman–Crippen LogP) is 2.63. The van der Waals surface area contributed by atoms with Gasteiger partial charge in [0.2, 0.25) is 0 Å². The zero-order valence-corrected chi connectivity index (χ0v) is 9.08. The van der Waals surface area contributed by atoms with Gasteiger partial charge in [-0.15, -0.1) is 0 Å². The Bertz CT molecular complexity index is 309. The summed E-state index contributed by atoms with van der Waals surface area (Å²) in [5.74, 6) is 0.655. The zero-order chi connectivity index (χ0) is 9.68. The third-order valence-corrected chi connectivity index (χ3v) is 1.90. The number of pyridine rings is 1. The Labute approximate surface area is 86.2 Å². The van der Waals surface area contributed by atoms with Gasteiger partial charge in [-0.1, -0.05) is 6.92 Å². The fourth-order valence-electron chi connectivity index (χ4n) is 0.940. The second-order valence-electron chi connectivity index (χ2n) is 2.71. The lowest BCUT2D eigenvalue weighted by atomic mass is 10.3. The highest BCUT2D eigenvalue weighted by Gasteiger charge is 1.94. The summed E-state index contributed by atoms with van der Waals surface area (Å²) < 4.78 is 0.915. The van der Waals surface area contributed by atoms with E-state index >= 15 is 0 Å². The van der Waals surface area contributed by atoms with Crippen molar-refractivity contribution in [2.45, 2.75) is 19.8 Å². The molecule has 1 heterocycles. The number of aromatic nitrogens is 1. The monoisotopic (exact) mass is 241 g/mol. The number of aliphatic imine (C=N–C) groups is 1. The lowest BCUT2D eigenvalue weighted by molar-refractivity contribution is 0.983. The van der Waals surface area contributed by atoms with Gasteiger partial charge in [0.25, 0.3) is 0 Å². The molecule has 70 valence electrons. The molecule has 3 nitrogen and oxygen atoms in total. The Morgan fingerprint density at radius 3 is 3.00 bits per heavy atom. The van der Waals surface area contributed by atoms with Gasteiger partial charge in [-0.05, 0) is 28.4 Å². The van der Waals surface area contributed by atoms with E-state index in [0.29, 0.717) is 5.84 Å². The van der Waals surface area contributed by atoms with E-state index in [0.717, 1.165) is 23.0 Å². The van der Waals surface area contributed by atoms with Crippen LogP contribution in [0, 0.1) is 0 Å². The van der Waals surface area contributed by atoms with Crippen LogP contribution in [0.1, 0.15) is 19.8 Å². The summed E-state index contributed by atoms with van der Waals surface area (Å²) in [5, 5.41) is 0. The summed E-state index contributed by atoms with van der Waals surface area (Å²) in [7, 11) is 0. The molecule has 1 rings (SSSR count). The van der Waals surface area contributed by atoms with Gasteiger partial charge in [0.1, 0.15) is 0 Å². The summed E-state index contributed by atoms with van der Waals surface area (Å²) in [6.45, 7) is 2.07. The highest BCUT2D eigenvalue weighted by atomic mass is 79.9. The van der Waals surface area contributed by atoms with E-state index in [-0.39, 0.29) is 0 Å². The van der Waals surface area contributed by atoms with Gasteiger partial charge < -0.3 is 5.73 Å². The Morgan fingerprint density at radius 2 is 2.38 bits per heavy atom. The molecular formula is C9H12BrN3. The van der Waals surface area contributed by atoms with Crippen LogP contribution in [-0.4, -0.2) is 10.8 Å². The van der Waals surface area contributed by atoms with Crippen LogP contribution in [0.3, 0.4) is 0 Å². The molecule has 0 aliphatic carbocycles. The molecule has 0 bridgehead atoms. The second-order valence-corrected chi connectivity index (χ2v) is 3.63. The minimum Gasteiger partial charge on any atom is -0.387 e. The lowest BCUT2D eigenvalue weighted by Gasteiger charge is -1.98. The third kappa shape index (κ3) is 3.55. The molecule has 0 atom stereocenters. The third-order valence-electron chi connectivity index (χ3n) is 1.47. The van der Waals surface area contributed by atoms with Gasteiger partial charge in [0.15, 0.2) is 0 Å². The van der Waals surface area contributed by atoms with Crippen molar-refractivity contribution in [1.82, 2.24) is 4.98 Å². The Balaban J connectivity index is 2.78. The van der Waals surface area contributed by atoms with E-state index < -0.39 is 0 Å². The maximum atomic E-state index is 5.67. The van der Waals surface area contributed by atoms with E-state index in [2.05, 4.69) is 32.8 Å². The predicted molar refractivity (Wildman–Crippen MR) is 58.1 cm³/mol. The van der Waals surface area contributed by atoms with Gasteiger partial charge >= 0.3 is 0 Å². The molecule has 0 aliphatic heterocycles. The zero-order valence-electron chi connectivity index (χ0n) is 7.50. The van der Waals surface area contributed by atoms with Crippen LogP contribution < -0.4 is 5.73 Å². The summed E-state index contributed by atoms with van der Waals surface area (Å²) in [5.41, 5.74) is 6.47. The topological polar surface area (TPSA) is 51.3 Å². The molecule has 0 radical (unpaired) electrons. The minimum atomic E-state index is 0.655. The van der Waals surface area contributed by atoms with Crippen LogP contribution in [0.2, 0.25) is 0 Å². The number of hydrogen-bond acceptors (Lipinski definition) is 2. The van der Waals surface area contributed by atoms with Crippen LogP contribution in [0.15, 0.2) is 27.9 Å². The fraction of sp³-hybridized carbons (Fsp3) is 0.333. The largest absolute Gasteiger partial charge is 0.387 e. The Hall–Kier alpha value is -0.900. The average molecular weight is 242 g/mol. The van der Waals surface area contributed by atoms with Crippen molar-refractivity contribution in [2.24, 2.45) is 10.7 Å². The average Bonchev–Trinajstić information content (AvgIpc) is 2.04. The maximum Gasteiger partial charge on any atom is 0.0996 e. The second kappa shape index (κ2) is 4.97. The van der Waals surface area contributed by atoms with E-state index in [1.807, 2.05) is 6.07 Å². The van der Waals surface area contributed by atoms with Crippen molar-refractivity contribution >= 4 is 27.5 Å². The SMILES string of the molecule is CCCC(N)=Nc1cncc(Br)c1. The summed E-state index contributed by atoms with van der Waals surface area (Å²) in [6.07, 6.45) is 5.24. The molecular weight excluding hydrogens is 230 g/mol. The molecule has 1 aromatic heterocycles. The van der Waals surface area contributed by atoms with Gasteiger partial charge in [-0.2, -0.15) is 0 Å². The first kappa shape index (κ1) is 10.2. The first-order chi connectivity index (χ1) is 6.22. The highest BCUT2D eigenvalue weighted by molar-refractivity contribution is 9.10. The molecule has 0 aromatic carbocycles. The molecule has 0 aliphatic rings. The molecule has 0 amide bonds. The van der Waals surface area contributed by atoms with E-state index in [4.69, 9.17) is 5.73 Å². The number of hydrogen-bond donors (Lipinski definition) is 1. The molecule has 0 spiro atoms. The highest BCUT2D eigenvalue weighted by Crippen LogP contribution is 2.16. The van der Waals surface area contributed by atoms with Gasteiger partial charge in [0, 0.05) is 17.1 Å². The van der Waals surface area contributed by atoms with Crippen LogP contribution in [0.25, 0.3) is 0 Å². The van der Waals surface area contributed by atoms with Crippen LogP contribution >= 0.6 is 15.9 Å². The molecule has 0 saturated carbocycles. The summed E-state index contributed by atoms with van der Waals surface area (Å²) in [6, 6.07) is 1.88. The number of rotatable bonds is 3. The molecule has 13 heavy (non-hydrogen) atoms. The van der Waals surface area contributed by atoms with Crippen molar-refractivity contribution in [3.05, 3.63) is 22.9 Å². The Kier molecular flexibility index (Phi) is 3.89. The fourth-order valence-corrected chi connectivity index (χ4v) is 1.29. The lowest BCUT2D eigenvalue weighted by Crippen LogP contribution is -2.09. The minimum absolute atomic E-state index is 0.655. The van der Waals surface area contributed by atoms with Crippen molar-refractivity contribution in [2.75, 3.05) is 0 Å². The van der Waals surface area contributed by atoms with Gasteiger partial charge in [0.05, 0.1) is 17.7 Å². The quantitative estimate of drug-likeness (QED) is 0.654. The normalized spacial score (nSPS) is 11.7. The van der Waals surface area contributed by atoms with E-state index in [1.165, 1.54) is 0 Å². The molecule has 0 unspecified atom stereocenters. The van der Waals surface area contributed by atoms with Crippen LogP contribution in [0.5, 0.6) is 0 Å². The Morgan fingerprint density at radius 1 is 1.62 bits per heavy atom. The maximum absolute atomic E-state index is 5.67. The number of amidine groups is 1.